The van der Waals surface area contributed by atoms with Crippen LogP contribution in [0.4, 0.5) is 0 Å². The zero-order chi connectivity index (χ0) is 15.7. The van der Waals surface area contributed by atoms with Crippen LogP contribution in [0.2, 0.25) is 0 Å². The lowest BCUT2D eigenvalue weighted by Crippen LogP contribution is -2.21. The molecule has 0 saturated heterocycles. The van der Waals surface area contributed by atoms with Crippen molar-refractivity contribution in [3.8, 4) is 0 Å². The van der Waals surface area contributed by atoms with Gasteiger partial charge in [-0.3, -0.25) is 4.68 Å². The van der Waals surface area contributed by atoms with E-state index in [-0.39, 0.29) is 11.2 Å². The maximum atomic E-state index is 11.9. The molecule has 22 heavy (non-hydrogen) atoms. The van der Waals surface area contributed by atoms with Crippen LogP contribution in [0.5, 0.6) is 0 Å². The largest absolute Gasteiger partial charge is 0.402 e. The Morgan fingerprint density at radius 1 is 1.18 bits per heavy atom. The standard InChI is InChI=1S/C17H17N3O2/c1-17(2,3)20-11-12(10-18-20)9-14-16(21)22-15(19-14)13-7-5-4-6-8-13/h4-11H,1-3H3/b14-9+. The maximum absolute atomic E-state index is 11.9. The number of aliphatic imine (C=N–C) groups is 1. The van der Waals surface area contributed by atoms with E-state index in [9.17, 15) is 4.79 Å². The van der Waals surface area contributed by atoms with E-state index in [1.54, 1.807) is 12.3 Å². The predicted molar refractivity (Wildman–Crippen MR) is 84.3 cm³/mol. The first-order valence-corrected chi connectivity index (χ1v) is 7.06. The van der Waals surface area contributed by atoms with Crippen LogP contribution in [0.3, 0.4) is 0 Å². The van der Waals surface area contributed by atoms with E-state index in [0.29, 0.717) is 5.90 Å². The van der Waals surface area contributed by atoms with Crippen LogP contribution in [-0.4, -0.2) is 21.6 Å². The molecular weight excluding hydrogens is 278 g/mol. The summed E-state index contributed by atoms with van der Waals surface area (Å²) in [6.07, 6.45) is 5.28. The zero-order valence-corrected chi connectivity index (χ0v) is 12.8. The number of benzene rings is 1. The van der Waals surface area contributed by atoms with E-state index in [0.717, 1.165) is 11.1 Å². The van der Waals surface area contributed by atoms with E-state index in [1.807, 2.05) is 41.2 Å². The summed E-state index contributed by atoms with van der Waals surface area (Å²) < 4.78 is 7.07. The third-order valence-electron chi connectivity index (χ3n) is 3.23. The molecule has 0 spiro atoms. The van der Waals surface area contributed by atoms with Crippen molar-refractivity contribution in [2.75, 3.05) is 0 Å². The molecule has 0 unspecified atom stereocenters. The Bertz CT molecular complexity index is 765. The van der Waals surface area contributed by atoms with Crippen LogP contribution in [0.1, 0.15) is 31.9 Å². The molecule has 1 aliphatic heterocycles. The number of hydrogen-bond acceptors (Lipinski definition) is 4. The van der Waals surface area contributed by atoms with Crippen molar-refractivity contribution in [2.45, 2.75) is 26.3 Å². The molecule has 3 rings (SSSR count). The Labute approximate surface area is 128 Å². The molecule has 5 nitrogen and oxygen atoms in total. The number of hydrogen-bond donors (Lipinski definition) is 0. The Balaban J connectivity index is 1.90. The van der Waals surface area contributed by atoms with Crippen LogP contribution >= 0.6 is 0 Å². The number of rotatable bonds is 2. The monoisotopic (exact) mass is 295 g/mol. The number of nitrogens with zero attached hydrogens (tertiary/aromatic N) is 3. The number of cyclic esters (lactones) is 1. The number of carbonyl (C=O) groups is 1. The topological polar surface area (TPSA) is 56.5 Å². The Hall–Kier alpha value is -2.69. The minimum atomic E-state index is -0.442. The Kier molecular flexibility index (Phi) is 3.41. The molecule has 2 aromatic rings. The number of ether oxygens (including phenoxy) is 1. The van der Waals surface area contributed by atoms with Gasteiger partial charge in [-0.25, -0.2) is 9.79 Å². The van der Waals surface area contributed by atoms with Crippen molar-refractivity contribution in [2.24, 2.45) is 4.99 Å². The van der Waals surface area contributed by atoms with Crippen LogP contribution in [0, 0.1) is 0 Å². The molecule has 0 atom stereocenters. The van der Waals surface area contributed by atoms with Gasteiger partial charge in [0.2, 0.25) is 5.90 Å². The highest BCUT2D eigenvalue weighted by Crippen LogP contribution is 2.20. The molecule has 0 bridgehead atoms. The van der Waals surface area contributed by atoms with Gasteiger partial charge in [0, 0.05) is 17.3 Å². The lowest BCUT2D eigenvalue weighted by Gasteiger charge is -2.18. The number of aromatic nitrogens is 2. The highest BCUT2D eigenvalue weighted by atomic mass is 16.6. The SMILES string of the molecule is CC(C)(C)n1cc(/C=C2/N=C(c3ccccc3)OC2=O)cn1. The Morgan fingerprint density at radius 2 is 1.91 bits per heavy atom. The second kappa shape index (κ2) is 5.26. The molecular formula is C17H17N3O2. The molecule has 0 aliphatic carbocycles. The summed E-state index contributed by atoms with van der Waals surface area (Å²) in [6.45, 7) is 6.19. The van der Waals surface area contributed by atoms with Crippen LogP contribution in [0.15, 0.2) is 53.4 Å². The second-order valence-electron chi connectivity index (χ2n) is 6.09. The molecule has 1 aliphatic rings. The van der Waals surface area contributed by atoms with Crippen molar-refractivity contribution in [3.63, 3.8) is 0 Å². The van der Waals surface area contributed by atoms with Crippen molar-refractivity contribution >= 4 is 17.9 Å². The summed E-state index contributed by atoms with van der Waals surface area (Å²) in [7, 11) is 0. The average molecular weight is 295 g/mol. The summed E-state index contributed by atoms with van der Waals surface area (Å²) in [4.78, 5) is 16.2. The molecule has 5 heteroatoms. The normalized spacial score (nSPS) is 16.8. The summed E-state index contributed by atoms with van der Waals surface area (Å²) in [5.74, 6) is -0.109. The first-order chi connectivity index (χ1) is 10.4. The molecule has 0 amide bonds. The molecule has 0 radical (unpaired) electrons. The third-order valence-corrected chi connectivity index (χ3v) is 3.23. The quantitative estimate of drug-likeness (QED) is 0.632. The zero-order valence-electron chi connectivity index (χ0n) is 12.8. The fourth-order valence-electron chi connectivity index (χ4n) is 2.05. The van der Waals surface area contributed by atoms with Crippen molar-refractivity contribution < 1.29 is 9.53 Å². The van der Waals surface area contributed by atoms with Gasteiger partial charge in [0.15, 0.2) is 5.70 Å². The van der Waals surface area contributed by atoms with Crippen molar-refractivity contribution in [1.82, 2.24) is 9.78 Å². The van der Waals surface area contributed by atoms with Crippen molar-refractivity contribution in [1.29, 1.82) is 0 Å². The van der Waals surface area contributed by atoms with Crippen LogP contribution in [0.25, 0.3) is 6.08 Å². The van der Waals surface area contributed by atoms with Crippen LogP contribution < -0.4 is 0 Å². The van der Waals surface area contributed by atoms with E-state index in [1.165, 1.54) is 0 Å². The minimum Gasteiger partial charge on any atom is -0.402 e. The predicted octanol–water partition coefficient (Wildman–Crippen LogP) is 2.98. The molecule has 0 saturated carbocycles. The van der Waals surface area contributed by atoms with Crippen LogP contribution in [-0.2, 0) is 15.1 Å². The highest BCUT2D eigenvalue weighted by Gasteiger charge is 2.24. The van der Waals surface area contributed by atoms with E-state index < -0.39 is 5.97 Å². The molecule has 0 fully saturated rings. The van der Waals surface area contributed by atoms with Gasteiger partial charge < -0.3 is 4.74 Å². The molecule has 0 N–H and O–H groups in total. The number of carbonyl (C=O) groups excluding carboxylic acids is 1. The van der Waals surface area contributed by atoms with Gasteiger partial charge in [-0.15, -0.1) is 0 Å². The number of esters is 1. The van der Waals surface area contributed by atoms with Gasteiger partial charge in [0.25, 0.3) is 0 Å². The molecule has 2 heterocycles. The van der Waals surface area contributed by atoms with Gasteiger partial charge in [-0.2, -0.15) is 5.10 Å². The van der Waals surface area contributed by atoms with Gasteiger partial charge in [0.1, 0.15) is 0 Å². The second-order valence-corrected chi connectivity index (χ2v) is 6.09. The molecule has 112 valence electrons. The highest BCUT2D eigenvalue weighted by molar-refractivity contribution is 6.12. The van der Waals surface area contributed by atoms with E-state index >= 15 is 0 Å². The van der Waals surface area contributed by atoms with Crippen molar-refractivity contribution in [3.05, 3.63) is 59.5 Å². The van der Waals surface area contributed by atoms with E-state index in [2.05, 4.69) is 30.9 Å². The minimum absolute atomic E-state index is 0.106. The molecule has 1 aromatic heterocycles. The van der Waals surface area contributed by atoms with E-state index in [4.69, 9.17) is 4.74 Å². The van der Waals surface area contributed by atoms with Gasteiger partial charge in [0.05, 0.1) is 11.7 Å². The summed E-state index contributed by atoms with van der Waals surface area (Å²) in [5, 5.41) is 4.30. The smallest absolute Gasteiger partial charge is 0.363 e. The maximum Gasteiger partial charge on any atom is 0.363 e. The fraction of sp³-hybridized carbons (Fsp3) is 0.235. The summed E-state index contributed by atoms with van der Waals surface area (Å²) in [6, 6.07) is 9.36. The van der Waals surface area contributed by atoms with Gasteiger partial charge in [-0.05, 0) is 39.0 Å². The first kappa shape index (κ1) is 14.3. The Morgan fingerprint density at radius 3 is 2.55 bits per heavy atom. The first-order valence-electron chi connectivity index (χ1n) is 7.06. The average Bonchev–Trinajstić information content (AvgIpc) is 3.08. The third kappa shape index (κ3) is 2.83. The lowest BCUT2D eigenvalue weighted by atomic mass is 10.1. The molecule has 1 aromatic carbocycles. The lowest BCUT2D eigenvalue weighted by molar-refractivity contribution is -0.129. The van der Waals surface area contributed by atoms with Gasteiger partial charge in [-0.1, -0.05) is 18.2 Å². The summed E-state index contributed by atoms with van der Waals surface area (Å²) >= 11 is 0. The fourth-order valence-corrected chi connectivity index (χ4v) is 2.05. The van der Waals surface area contributed by atoms with Gasteiger partial charge >= 0.3 is 5.97 Å². The summed E-state index contributed by atoms with van der Waals surface area (Å²) in [5.41, 5.74) is 1.78.